The summed E-state index contributed by atoms with van der Waals surface area (Å²) in [6, 6.07) is 9.29. The summed E-state index contributed by atoms with van der Waals surface area (Å²) in [7, 11) is 0. The predicted octanol–water partition coefficient (Wildman–Crippen LogP) is 3.50. The van der Waals surface area contributed by atoms with E-state index in [-0.39, 0.29) is 5.41 Å². The maximum atomic E-state index is 12.0. The third-order valence-electron chi connectivity index (χ3n) is 4.21. The van der Waals surface area contributed by atoms with Crippen LogP contribution in [0.4, 0.5) is 5.69 Å². The zero-order valence-electron chi connectivity index (χ0n) is 12.7. The molecule has 0 radical (unpaired) electrons. The number of anilines is 1. The summed E-state index contributed by atoms with van der Waals surface area (Å²) in [4.78, 5) is 25.3. The normalized spacial score (nSPS) is 15.0. The first-order valence-electron chi connectivity index (χ1n) is 7.40. The number of halogens is 1. The van der Waals surface area contributed by atoms with Crippen LogP contribution in [0.3, 0.4) is 0 Å². The molecule has 2 amide bonds. The van der Waals surface area contributed by atoms with Crippen LogP contribution < -0.4 is 10.6 Å². The SMILES string of the molecule is Cc1c(Cl)cccc1NC(=O)C(=O)NCC1(c2cccs2)CC1. The molecule has 1 aromatic carbocycles. The Kier molecular flexibility index (Phi) is 4.41. The number of thiophene rings is 1. The average Bonchev–Trinajstić information content (AvgIpc) is 3.12. The molecule has 1 saturated carbocycles. The summed E-state index contributed by atoms with van der Waals surface area (Å²) >= 11 is 7.70. The summed E-state index contributed by atoms with van der Waals surface area (Å²) in [6.07, 6.45) is 2.09. The number of benzene rings is 1. The standard InChI is InChI=1S/C17H17ClN2O2S/c1-11-12(18)4-2-5-13(11)20-16(22)15(21)19-10-17(7-8-17)14-6-3-9-23-14/h2-6,9H,7-8,10H2,1H3,(H,19,21)(H,20,22). The smallest absolute Gasteiger partial charge is 0.313 e. The molecule has 1 fully saturated rings. The maximum Gasteiger partial charge on any atom is 0.313 e. The summed E-state index contributed by atoms with van der Waals surface area (Å²) < 4.78 is 0. The van der Waals surface area contributed by atoms with Gasteiger partial charge < -0.3 is 10.6 Å². The molecule has 1 aliphatic rings. The topological polar surface area (TPSA) is 58.2 Å². The minimum Gasteiger partial charge on any atom is -0.347 e. The fourth-order valence-corrected chi connectivity index (χ4v) is 3.65. The first kappa shape index (κ1) is 16.0. The van der Waals surface area contributed by atoms with E-state index in [2.05, 4.69) is 16.7 Å². The summed E-state index contributed by atoms with van der Waals surface area (Å²) in [5.41, 5.74) is 1.32. The second kappa shape index (κ2) is 6.34. The Morgan fingerprint density at radius 2 is 2.00 bits per heavy atom. The van der Waals surface area contributed by atoms with E-state index in [1.54, 1.807) is 36.5 Å². The molecule has 2 N–H and O–H groups in total. The van der Waals surface area contributed by atoms with Crippen molar-refractivity contribution in [3.8, 4) is 0 Å². The van der Waals surface area contributed by atoms with Crippen molar-refractivity contribution in [3.05, 3.63) is 51.2 Å². The highest BCUT2D eigenvalue weighted by Crippen LogP contribution is 2.49. The zero-order chi connectivity index (χ0) is 16.4. The largest absolute Gasteiger partial charge is 0.347 e. The lowest BCUT2D eigenvalue weighted by molar-refractivity contribution is -0.136. The van der Waals surface area contributed by atoms with Crippen LogP contribution in [0.1, 0.15) is 23.3 Å². The van der Waals surface area contributed by atoms with E-state index in [9.17, 15) is 9.59 Å². The van der Waals surface area contributed by atoms with Crippen LogP contribution in [0.5, 0.6) is 0 Å². The van der Waals surface area contributed by atoms with Crippen LogP contribution in [-0.2, 0) is 15.0 Å². The van der Waals surface area contributed by atoms with Gasteiger partial charge in [0.1, 0.15) is 0 Å². The molecule has 23 heavy (non-hydrogen) atoms. The molecular weight excluding hydrogens is 332 g/mol. The number of rotatable bonds is 4. The number of carbonyl (C=O) groups is 2. The van der Waals surface area contributed by atoms with Gasteiger partial charge >= 0.3 is 11.8 Å². The first-order valence-corrected chi connectivity index (χ1v) is 8.66. The van der Waals surface area contributed by atoms with Crippen molar-refractivity contribution in [1.82, 2.24) is 5.32 Å². The van der Waals surface area contributed by atoms with E-state index in [0.29, 0.717) is 17.3 Å². The van der Waals surface area contributed by atoms with Crippen LogP contribution in [-0.4, -0.2) is 18.4 Å². The van der Waals surface area contributed by atoms with Crippen LogP contribution in [0.2, 0.25) is 5.02 Å². The van der Waals surface area contributed by atoms with E-state index >= 15 is 0 Å². The van der Waals surface area contributed by atoms with E-state index in [1.165, 1.54) is 4.88 Å². The van der Waals surface area contributed by atoms with Crippen molar-refractivity contribution in [3.63, 3.8) is 0 Å². The van der Waals surface area contributed by atoms with Crippen molar-refractivity contribution in [1.29, 1.82) is 0 Å². The molecule has 1 aromatic heterocycles. The van der Waals surface area contributed by atoms with Gasteiger partial charge in [-0.25, -0.2) is 0 Å². The summed E-state index contributed by atoms with van der Waals surface area (Å²) in [5.74, 6) is -1.29. The van der Waals surface area contributed by atoms with Gasteiger partial charge in [0.15, 0.2) is 0 Å². The lowest BCUT2D eigenvalue weighted by Gasteiger charge is -2.14. The molecule has 0 atom stereocenters. The number of carbonyl (C=O) groups excluding carboxylic acids is 2. The highest BCUT2D eigenvalue weighted by atomic mass is 35.5. The highest BCUT2D eigenvalue weighted by molar-refractivity contribution is 7.10. The van der Waals surface area contributed by atoms with Gasteiger partial charge in [-0.15, -0.1) is 11.3 Å². The van der Waals surface area contributed by atoms with Crippen molar-refractivity contribution < 1.29 is 9.59 Å². The van der Waals surface area contributed by atoms with Gasteiger partial charge in [-0.1, -0.05) is 23.7 Å². The number of hydrogen-bond donors (Lipinski definition) is 2. The molecular formula is C17H17ClN2O2S. The minimum absolute atomic E-state index is 0.0239. The Balaban J connectivity index is 1.58. The Morgan fingerprint density at radius 1 is 1.22 bits per heavy atom. The van der Waals surface area contributed by atoms with Crippen molar-refractivity contribution >= 4 is 40.4 Å². The minimum atomic E-state index is -0.669. The van der Waals surface area contributed by atoms with Crippen molar-refractivity contribution in [2.45, 2.75) is 25.2 Å². The van der Waals surface area contributed by atoms with Gasteiger partial charge in [0.2, 0.25) is 0 Å². The summed E-state index contributed by atoms with van der Waals surface area (Å²) in [5, 5.41) is 7.95. The molecule has 2 aromatic rings. The molecule has 4 nitrogen and oxygen atoms in total. The van der Waals surface area contributed by atoms with Gasteiger partial charge in [-0.3, -0.25) is 9.59 Å². The van der Waals surface area contributed by atoms with E-state index in [0.717, 1.165) is 18.4 Å². The molecule has 1 aliphatic carbocycles. The third kappa shape index (κ3) is 3.41. The average molecular weight is 349 g/mol. The first-order chi connectivity index (χ1) is 11.0. The van der Waals surface area contributed by atoms with Gasteiger partial charge in [-0.05, 0) is 48.9 Å². The Bertz CT molecular complexity index is 739. The quantitative estimate of drug-likeness (QED) is 0.831. The number of nitrogens with one attached hydrogen (secondary N) is 2. The Labute approximate surface area is 143 Å². The fraction of sp³-hybridized carbons (Fsp3) is 0.294. The van der Waals surface area contributed by atoms with Gasteiger partial charge in [0.05, 0.1) is 0 Å². The fourth-order valence-electron chi connectivity index (χ4n) is 2.49. The number of hydrogen-bond acceptors (Lipinski definition) is 3. The molecule has 120 valence electrons. The second-order valence-corrected chi connectivity index (χ2v) is 7.16. The second-order valence-electron chi connectivity index (χ2n) is 5.81. The van der Waals surface area contributed by atoms with E-state index < -0.39 is 11.8 Å². The van der Waals surface area contributed by atoms with Crippen molar-refractivity contribution in [2.75, 3.05) is 11.9 Å². The van der Waals surface area contributed by atoms with Crippen LogP contribution in [0.15, 0.2) is 35.7 Å². The lowest BCUT2D eigenvalue weighted by Crippen LogP contribution is -2.39. The molecule has 0 saturated heterocycles. The monoisotopic (exact) mass is 348 g/mol. The molecule has 0 unspecified atom stereocenters. The molecule has 3 rings (SSSR count). The maximum absolute atomic E-state index is 12.0. The molecule has 0 aliphatic heterocycles. The molecule has 0 bridgehead atoms. The zero-order valence-corrected chi connectivity index (χ0v) is 14.3. The molecule has 0 spiro atoms. The molecule has 6 heteroatoms. The van der Waals surface area contributed by atoms with Gasteiger partial charge in [0, 0.05) is 27.5 Å². The highest BCUT2D eigenvalue weighted by Gasteiger charge is 2.45. The van der Waals surface area contributed by atoms with Gasteiger partial charge in [0.25, 0.3) is 0 Å². The lowest BCUT2D eigenvalue weighted by atomic mass is 10.1. The van der Waals surface area contributed by atoms with Crippen LogP contribution in [0.25, 0.3) is 0 Å². The Morgan fingerprint density at radius 3 is 2.65 bits per heavy atom. The van der Waals surface area contributed by atoms with E-state index in [1.807, 2.05) is 11.4 Å². The van der Waals surface area contributed by atoms with Crippen LogP contribution >= 0.6 is 22.9 Å². The van der Waals surface area contributed by atoms with Crippen LogP contribution in [0, 0.1) is 6.92 Å². The summed E-state index contributed by atoms with van der Waals surface area (Å²) in [6.45, 7) is 2.29. The third-order valence-corrected chi connectivity index (χ3v) is 5.73. The van der Waals surface area contributed by atoms with E-state index in [4.69, 9.17) is 11.6 Å². The Hall–Kier alpha value is -1.85. The molecule has 1 heterocycles. The number of amides is 2. The van der Waals surface area contributed by atoms with Gasteiger partial charge in [-0.2, -0.15) is 0 Å². The predicted molar refractivity (Wildman–Crippen MR) is 93.1 cm³/mol. The van der Waals surface area contributed by atoms with Crippen molar-refractivity contribution in [2.24, 2.45) is 0 Å².